The molecule has 1 aromatic carbocycles. The number of aromatic nitrogens is 2. The summed E-state index contributed by atoms with van der Waals surface area (Å²) in [5, 5.41) is 15.0. The van der Waals surface area contributed by atoms with E-state index in [1.54, 1.807) is 6.92 Å². The lowest BCUT2D eigenvalue weighted by Crippen LogP contribution is -2.26. The smallest absolute Gasteiger partial charge is 0.325 e. The summed E-state index contributed by atoms with van der Waals surface area (Å²) >= 11 is 1.53. The zero-order valence-corrected chi connectivity index (χ0v) is 13.9. The van der Waals surface area contributed by atoms with E-state index in [4.69, 9.17) is 5.11 Å². The first kappa shape index (κ1) is 15.4. The molecule has 3 rings (SSSR count). The Morgan fingerprint density at radius 3 is 2.74 bits per heavy atom. The SMILES string of the molecule is Cc1ccc(-c2csc3ncnc(NC(C)C(=O)O)c23)c(C)c1. The van der Waals surface area contributed by atoms with Crippen LogP contribution >= 0.6 is 11.3 Å². The number of nitrogens with zero attached hydrogens (tertiary/aromatic N) is 2. The summed E-state index contributed by atoms with van der Waals surface area (Å²) in [5.41, 5.74) is 4.52. The van der Waals surface area contributed by atoms with Crippen LogP contribution in [0.15, 0.2) is 29.9 Å². The van der Waals surface area contributed by atoms with Gasteiger partial charge in [0.1, 0.15) is 23.0 Å². The number of rotatable bonds is 4. The number of anilines is 1. The molecule has 0 bridgehead atoms. The van der Waals surface area contributed by atoms with Gasteiger partial charge in [0.2, 0.25) is 0 Å². The van der Waals surface area contributed by atoms with Crippen LogP contribution in [-0.2, 0) is 4.79 Å². The topological polar surface area (TPSA) is 75.1 Å². The predicted octanol–water partition coefficient (Wildman–Crippen LogP) is 3.86. The summed E-state index contributed by atoms with van der Waals surface area (Å²) in [6, 6.07) is 5.57. The van der Waals surface area contributed by atoms with Gasteiger partial charge in [-0.05, 0) is 31.9 Å². The average molecular weight is 327 g/mol. The van der Waals surface area contributed by atoms with Crippen molar-refractivity contribution in [3.8, 4) is 11.1 Å². The molecule has 0 spiro atoms. The summed E-state index contributed by atoms with van der Waals surface area (Å²) in [7, 11) is 0. The molecule has 23 heavy (non-hydrogen) atoms. The van der Waals surface area contributed by atoms with E-state index in [-0.39, 0.29) is 0 Å². The molecule has 0 aliphatic rings. The zero-order chi connectivity index (χ0) is 16.6. The van der Waals surface area contributed by atoms with Gasteiger partial charge in [0.05, 0.1) is 5.39 Å². The van der Waals surface area contributed by atoms with Crippen molar-refractivity contribution in [1.29, 1.82) is 0 Å². The quantitative estimate of drug-likeness (QED) is 0.761. The third kappa shape index (κ3) is 2.90. The van der Waals surface area contributed by atoms with E-state index in [2.05, 4.69) is 47.3 Å². The van der Waals surface area contributed by atoms with E-state index >= 15 is 0 Å². The molecule has 6 heteroatoms. The van der Waals surface area contributed by atoms with Gasteiger partial charge in [-0.2, -0.15) is 0 Å². The van der Waals surface area contributed by atoms with Crippen LogP contribution in [0.4, 0.5) is 5.82 Å². The van der Waals surface area contributed by atoms with Crippen molar-refractivity contribution in [2.24, 2.45) is 0 Å². The van der Waals surface area contributed by atoms with Crippen LogP contribution in [0.3, 0.4) is 0 Å². The third-order valence-corrected chi connectivity index (χ3v) is 4.65. The molecule has 0 radical (unpaired) electrons. The first-order chi connectivity index (χ1) is 11.0. The molecular formula is C17H17N3O2S. The molecule has 2 N–H and O–H groups in total. The molecule has 0 aliphatic carbocycles. The van der Waals surface area contributed by atoms with Gasteiger partial charge in [0, 0.05) is 10.9 Å². The first-order valence-corrected chi connectivity index (χ1v) is 8.14. The fourth-order valence-electron chi connectivity index (χ4n) is 2.57. The van der Waals surface area contributed by atoms with Crippen molar-refractivity contribution >= 4 is 33.3 Å². The number of hydrogen-bond acceptors (Lipinski definition) is 5. The zero-order valence-electron chi connectivity index (χ0n) is 13.1. The van der Waals surface area contributed by atoms with Crippen molar-refractivity contribution < 1.29 is 9.90 Å². The van der Waals surface area contributed by atoms with Crippen LogP contribution in [0.2, 0.25) is 0 Å². The van der Waals surface area contributed by atoms with E-state index in [1.165, 1.54) is 28.8 Å². The van der Waals surface area contributed by atoms with Gasteiger partial charge in [-0.1, -0.05) is 23.8 Å². The van der Waals surface area contributed by atoms with Crippen molar-refractivity contribution in [2.75, 3.05) is 5.32 Å². The lowest BCUT2D eigenvalue weighted by Gasteiger charge is -2.12. The summed E-state index contributed by atoms with van der Waals surface area (Å²) in [5.74, 6) is -0.360. The Morgan fingerprint density at radius 2 is 2.04 bits per heavy atom. The van der Waals surface area contributed by atoms with Crippen molar-refractivity contribution in [1.82, 2.24) is 9.97 Å². The lowest BCUT2D eigenvalue weighted by atomic mass is 9.99. The summed E-state index contributed by atoms with van der Waals surface area (Å²) in [4.78, 5) is 20.5. The number of fused-ring (bicyclic) bond motifs is 1. The second-order valence-electron chi connectivity index (χ2n) is 5.57. The molecule has 118 valence electrons. The monoisotopic (exact) mass is 327 g/mol. The number of nitrogens with one attached hydrogen (secondary N) is 1. The number of aryl methyl sites for hydroxylation is 2. The minimum atomic E-state index is -0.917. The summed E-state index contributed by atoms with van der Waals surface area (Å²) in [6.45, 7) is 5.73. The largest absolute Gasteiger partial charge is 0.480 e. The number of thiophene rings is 1. The van der Waals surface area contributed by atoms with E-state index < -0.39 is 12.0 Å². The minimum Gasteiger partial charge on any atom is -0.480 e. The van der Waals surface area contributed by atoms with Crippen LogP contribution in [0, 0.1) is 13.8 Å². The third-order valence-electron chi connectivity index (χ3n) is 3.77. The Morgan fingerprint density at radius 1 is 1.26 bits per heavy atom. The average Bonchev–Trinajstić information content (AvgIpc) is 2.92. The van der Waals surface area contributed by atoms with E-state index in [1.807, 2.05) is 5.38 Å². The van der Waals surface area contributed by atoms with Gasteiger partial charge in [-0.15, -0.1) is 11.3 Å². The van der Waals surface area contributed by atoms with E-state index in [0.717, 1.165) is 21.3 Å². The molecule has 1 unspecified atom stereocenters. The molecule has 1 atom stereocenters. The Bertz CT molecular complexity index is 889. The number of aliphatic carboxylic acids is 1. The second kappa shape index (κ2) is 5.96. The maximum Gasteiger partial charge on any atom is 0.325 e. The molecule has 0 saturated heterocycles. The summed E-state index contributed by atoms with van der Waals surface area (Å²) in [6.07, 6.45) is 1.46. The molecule has 5 nitrogen and oxygen atoms in total. The molecule has 2 heterocycles. The summed E-state index contributed by atoms with van der Waals surface area (Å²) < 4.78 is 0. The van der Waals surface area contributed by atoms with Crippen molar-refractivity contribution in [3.63, 3.8) is 0 Å². The highest BCUT2D eigenvalue weighted by molar-refractivity contribution is 7.17. The Labute approximate surface area is 138 Å². The fraction of sp³-hybridized carbons (Fsp3) is 0.235. The lowest BCUT2D eigenvalue weighted by molar-refractivity contribution is -0.137. The van der Waals surface area contributed by atoms with Gasteiger partial charge < -0.3 is 10.4 Å². The van der Waals surface area contributed by atoms with Crippen LogP contribution in [0.25, 0.3) is 21.3 Å². The number of carboxylic acids is 1. The first-order valence-electron chi connectivity index (χ1n) is 7.26. The maximum absolute atomic E-state index is 11.1. The molecule has 0 fully saturated rings. The molecule has 0 amide bonds. The van der Waals surface area contributed by atoms with Crippen LogP contribution in [0.1, 0.15) is 18.1 Å². The van der Waals surface area contributed by atoms with Gasteiger partial charge in [0.15, 0.2) is 0 Å². The van der Waals surface area contributed by atoms with Gasteiger partial charge in [-0.25, -0.2) is 9.97 Å². The van der Waals surface area contributed by atoms with Crippen LogP contribution in [0.5, 0.6) is 0 Å². The standard InChI is InChI=1S/C17H17N3O2S/c1-9-4-5-12(10(2)6-9)13-7-23-16-14(13)15(18-8-19-16)20-11(3)17(21)22/h4-8,11H,1-3H3,(H,21,22)(H,18,19,20). The van der Waals surface area contributed by atoms with Gasteiger partial charge >= 0.3 is 5.97 Å². The number of hydrogen-bond donors (Lipinski definition) is 2. The van der Waals surface area contributed by atoms with Gasteiger partial charge in [0.25, 0.3) is 0 Å². The highest BCUT2D eigenvalue weighted by Crippen LogP contribution is 2.38. The van der Waals surface area contributed by atoms with Crippen LogP contribution in [-0.4, -0.2) is 27.1 Å². The minimum absolute atomic E-state index is 0.557. The normalized spacial score (nSPS) is 12.3. The number of benzene rings is 1. The Kier molecular flexibility index (Phi) is 4.00. The Balaban J connectivity index is 2.17. The molecule has 2 aromatic heterocycles. The highest BCUT2D eigenvalue weighted by Gasteiger charge is 2.18. The van der Waals surface area contributed by atoms with Crippen molar-refractivity contribution in [3.05, 3.63) is 41.0 Å². The predicted molar refractivity (Wildman–Crippen MR) is 93.0 cm³/mol. The van der Waals surface area contributed by atoms with Crippen LogP contribution < -0.4 is 5.32 Å². The molecule has 3 aromatic rings. The van der Waals surface area contributed by atoms with Gasteiger partial charge in [-0.3, -0.25) is 4.79 Å². The van der Waals surface area contributed by atoms with E-state index in [0.29, 0.717) is 5.82 Å². The maximum atomic E-state index is 11.1. The molecule has 0 aliphatic heterocycles. The highest BCUT2D eigenvalue weighted by atomic mass is 32.1. The number of carbonyl (C=O) groups is 1. The second-order valence-corrected chi connectivity index (χ2v) is 6.43. The molecular weight excluding hydrogens is 310 g/mol. The Hall–Kier alpha value is -2.47. The van der Waals surface area contributed by atoms with Crippen molar-refractivity contribution in [2.45, 2.75) is 26.8 Å². The fourth-order valence-corrected chi connectivity index (χ4v) is 3.47. The molecule has 0 saturated carbocycles. The van der Waals surface area contributed by atoms with E-state index in [9.17, 15) is 4.79 Å². The number of carboxylic acid groups (broad SMARTS) is 1.